The van der Waals surface area contributed by atoms with E-state index < -0.39 is 0 Å². The van der Waals surface area contributed by atoms with Gasteiger partial charge in [-0.2, -0.15) is 0 Å². The number of carbonyl (C=O) groups is 2. The maximum absolute atomic E-state index is 12.4. The highest BCUT2D eigenvalue weighted by Crippen LogP contribution is 2.23. The third-order valence-corrected chi connectivity index (χ3v) is 5.09. The Hall–Kier alpha value is -0.750. The van der Waals surface area contributed by atoms with E-state index in [4.69, 9.17) is 0 Å². The second kappa shape index (κ2) is 7.31. The van der Waals surface area contributed by atoms with E-state index in [0.29, 0.717) is 18.2 Å². The Bertz CT molecular complexity index is 364. The van der Waals surface area contributed by atoms with Crippen molar-refractivity contribution in [1.82, 2.24) is 15.5 Å². The van der Waals surface area contributed by atoms with Crippen LogP contribution in [0.5, 0.6) is 0 Å². The van der Waals surface area contributed by atoms with Crippen molar-refractivity contribution >= 4 is 23.6 Å². The number of rotatable bonds is 4. The highest BCUT2D eigenvalue weighted by Gasteiger charge is 2.35. The lowest BCUT2D eigenvalue weighted by atomic mass is 9.95. The summed E-state index contributed by atoms with van der Waals surface area (Å²) < 4.78 is 0. The van der Waals surface area contributed by atoms with E-state index in [-0.39, 0.29) is 23.9 Å². The summed E-state index contributed by atoms with van der Waals surface area (Å²) in [5.74, 6) is 1.95. The van der Waals surface area contributed by atoms with E-state index in [1.807, 2.05) is 6.92 Å². The van der Waals surface area contributed by atoms with Gasteiger partial charge in [-0.1, -0.05) is 13.8 Å². The van der Waals surface area contributed by atoms with E-state index >= 15 is 0 Å². The minimum Gasteiger partial charge on any atom is -0.351 e. The van der Waals surface area contributed by atoms with Crippen molar-refractivity contribution in [2.45, 2.75) is 45.2 Å². The molecule has 0 aromatic heterocycles. The maximum atomic E-state index is 12.4. The summed E-state index contributed by atoms with van der Waals surface area (Å²) >= 11 is 1.67. The summed E-state index contributed by atoms with van der Waals surface area (Å²) in [5.41, 5.74) is 0. The van der Waals surface area contributed by atoms with Crippen molar-refractivity contribution in [3.05, 3.63) is 0 Å². The van der Waals surface area contributed by atoms with Gasteiger partial charge in [-0.3, -0.25) is 9.59 Å². The summed E-state index contributed by atoms with van der Waals surface area (Å²) in [6, 6.07) is -0.0430. The summed E-state index contributed by atoms with van der Waals surface area (Å²) in [6.45, 7) is 6.05. The maximum Gasteiger partial charge on any atom is 0.243 e. The van der Waals surface area contributed by atoms with E-state index in [1.54, 1.807) is 16.7 Å². The van der Waals surface area contributed by atoms with Crippen LogP contribution in [0.1, 0.15) is 33.1 Å². The number of amides is 2. The van der Waals surface area contributed by atoms with Crippen LogP contribution in [0.4, 0.5) is 0 Å². The van der Waals surface area contributed by atoms with Gasteiger partial charge in [0.05, 0.1) is 5.88 Å². The molecular formula is C14H25N3O2S. The van der Waals surface area contributed by atoms with Crippen LogP contribution in [0.3, 0.4) is 0 Å². The molecule has 0 saturated carbocycles. The van der Waals surface area contributed by atoms with Gasteiger partial charge < -0.3 is 15.5 Å². The van der Waals surface area contributed by atoms with Gasteiger partial charge in [-0.25, -0.2) is 0 Å². The molecule has 2 N–H and O–H groups in total. The fraction of sp³-hybridized carbons (Fsp3) is 0.857. The predicted octanol–water partition coefficient (Wildman–Crippen LogP) is 0.802. The highest BCUT2D eigenvalue weighted by atomic mass is 32.2. The normalized spacial score (nSPS) is 30.3. The monoisotopic (exact) mass is 299 g/mol. The molecule has 2 saturated heterocycles. The SMILES string of the molecule is CCCC(=O)N1CSCC1C(=O)NC1CCNCC1C. The lowest BCUT2D eigenvalue weighted by molar-refractivity contribution is -0.138. The van der Waals surface area contributed by atoms with Crippen LogP contribution in [0.15, 0.2) is 0 Å². The van der Waals surface area contributed by atoms with Crippen LogP contribution >= 0.6 is 11.8 Å². The van der Waals surface area contributed by atoms with Crippen molar-refractivity contribution in [2.24, 2.45) is 5.92 Å². The smallest absolute Gasteiger partial charge is 0.243 e. The van der Waals surface area contributed by atoms with E-state index in [9.17, 15) is 9.59 Å². The molecule has 6 heteroatoms. The minimum atomic E-state index is -0.277. The molecule has 2 amide bonds. The summed E-state index contributed by atoms with van der Waals surface area (Å²) in [5, 5.41) is 6.48. The summed E-state index contributed by atoms with van der Waals surface area (Å²) in [6.07, 6.45) is 2.34. The zero-order valence-electron chi connectivity index (χ0n) is 12.4. The fourth-order valence-corrected chi connectivity index (χ4v) is 3.95. The first-order valence-corrected chi connectivity index (χ1v) is 8.67. The number of carbonyl (C=O) groups excluding carboxylic acids is 2. The molecule has 0 aliphatic carbocycles. The quantitative estimate of drug-likeness (QED) is 0.806. The van der Waals surface area contributed by atoms with Crippen LogP contribution in [-0.4, -0.2) is 53.5 Å². The number of thioether (sulfide) groups is 1. The zero-order chi connectivity index (χ0) is 14.5. The van der Waals surface area contributed by atoms with E-state index in [2.05, 4.69) is 17.6 Å². The summed E-state index contributed by atoms with van der Waals surface area (Å²) in [7, 11) is 0. The molecule has 20 heavy (non-hydrogen) atoms. The second-order valence-corrected chi connectivity index (χ2v) is 6.71. The van der Waals surface area contributed by atoms with E-state index in [1.165, 1.54) is 0 Å². The van der Waals surface area contributed by atoms with Gasteiger partial charge in [0, 0.05) is 18.2 Å². The molecule has 2 aliphatic heterocycles. The van der Waals surface area contributed by atoms with Crippen LogP contribution in [0.2, 0.25) is 0 Å². The number of piperidine rings is 1. The molecule has 0 radical (unpaired) electrons. The topological polar surface area (TPSA) is 61.4 Å². The largest absolute Gasteiger partial charge is 0.351 e. The van der Waals surface area contributed by atoms with Gasteiger partial charge in [-0.15, -0.1) is 11.8 Å². The molecule has 2 fully saturated rings. The number of hydrogen-bond acceptors (Lipinski definition) is 4. The van der Waals surface area contributed by atoms with Crippen LogP contribution < -0.4 is 10.6 Å². The molecule has 2 heterocycles. The Kier molecular flexibility index (Phi) is 5.72. The Morgan fingerprint density at radius 3 is 2.95 bits per heavy atom. The average Bonchev–Trinajstić information content (AvgIpc) is 2.91. The summed E-state index contributed by atoms with van der Waals surface area (Å²) in [4.78, 5) is 26.2. The third-order valence-electron chi connectivity index (χ3n) is 4.08. The zero-order valence-corrected chi connectivity index (χ0v) is 13.2. The first kappa shape index (κ1) is 15.6. The Morgan fingerprint density at radius 2 is 2.25 bits per heavy atom. The number of hydrogen-bond donors (Lipinski definition) is 2. The predicted molar refractivity (Wildman–Crippen MR) is 81.4 cm³/mol. The third kappa shape index (κ3) is 3.67. The van der Waals surface area contributed by atoms with Crippen molar-refractivity contribution in [2.75, 3.05) is 24.7 Å². The molecule has 0 aromatic rings. The Balaban J connectivity index is 1.92. The lowest BCUT2D eigenvalue weighted by Gasteiger charge is -2.32. The first-order valence-electron chi connectivity index (χ1n) is 7.51. The lowest BCUT2D eigenvalue weighted by Crippen LogP contribution is -2.54. The van der Waals surface area contributed by atoms with Gasteiger partial charge in [0.1, 0.15) is 6.04 Å². The second-order valence-electron chi connectivity index (χ2n) is 5.71. The van der Waals surface area contributed by atoms with Gasteiger partial charge in [-0.05, 0) is 31.8 Å². The molecule has 3 atom stereocenters. The molecule has 114 valence electrons. The molecule has 0 bridgehead atoms. The highest BCUT2D eigenvalue weighted by molar-refractivity contribution is 7.99. The number of nitrogens with one attached hydrogen (secondary N) is 2. The van der Waals surface area contributed by atoms with Gasteiger partial charge in [0.2, 0.25) is 11.8 Å². The number of nitrogens with zero attached hydrogens (tertiary/aromatic N) is 1. The fourth-order valence-electron chi connectivity index (χ4n) is 2.77. The van der Waals surface area contributed by atoms with Crippen molar-refractivity contribution in [3.63, 3.8) is 0 Å². The molecular weight excluding hydrogens is 274 g/mol. The Morgan fingerprint density at radius 1 is 1.45 bits per heavy atom. The van der Waals surface area contributed by atoms with Gasteiger partial charge in [0.15, 0.2) is 0 Å². The van der Waals surface area contributed by atoms with Crippen molar-refractivity contribution in [1.29, 1.82) is 0 Å². The van der Waals surface area contributed by atoms with Crippen molar-refractivity contribution in [3.8, 4) is 0 Å². The van der Waals surface area contributed by atoms with Crippen LogP contribution in [0.25, 0.3) is 0 Å². The van der Waals surface area contributed by atoms with Crippen LogP contribution in [0, 0.1) is 5.92 Å². The molecule has 2 aliphatic rings. The first-order chi connectivity index (χ1) is 9.63. The van der Waals surface area contributed by atoms with Crippen LogP contribution in [-0.2, 0) is 9.59 Å². The molecule has 0 spiro atoms. The average molecular weight is 299 g/mol. The standard InChI is InChI=1S/C14H25N3O2S/c1-3-4-13(18)17-9-20-8-12(17)14(19)16-11-5-6-15-7-10(11)2/h10-12,15H,3-9H2,1-2H3,(H,16,19). The van der Waals surface area contributed by atoms with Gasteiger partial charge in [0.25, 0.3) is 0 Å². The molecule has 0 aromatic carbocycles. The van der Waals surface area contributed by atoms with Gasteiger partial charge >= 0.3 is 0 Å². The van der Waals surface area contributed by atoms with Crippen molar-refractivity contribution < 1.29 is 9.59 Å². The Labute approximate surface area is 125 Å². The minimum absolute atomic E-state index is 0.0261. The molecule has 5 nitrogen and oxygen atoms in total. The molecule has 2 rings (SSSR count). The van der Waals surface area contributed by atoms with E-state index in [0.717, 1.165) is 31.7 Å². The molecule has 3 unspecified atom stereocenters.